The average molecular weight is 273 g/mol. The number of benzene rings is 1. The topological polar surface area (TPSA) is 6.48 Å². The van der Waals surface area contributed by atoms with Crippen LogP contribution in [0.5, 0.6) is 0 Å². The van der Waals surface area contributed by atoms with Gasteiger partial charge in [-0.15, -0.1) is 11.6 Å². The maximum absolute atomic E-state index is 13.5. The minimum Gasteiger partial charge on any atom is -0.368 e. The molecule has 1 aromatic carbocycles. The van der Waals surface area contributed by atoms with E-state index in [0.29, 0.717) is 11.9 Å². The summed E-state index contributed by atoms with van der Waals surface area (Å²) in [4.78, 5) is 4.33. The summed E-state index contributed by atoms with van der Waals surface area (Å²) < 4.78 is 13.5. The molecule has 0 spiro atoms. The minimum absolute atomic E-state index is 0.223. The Morgan fingerprint density at radius 1 is 1.28 bits per heavy atom. The molecule has 102 valence electrons. The summed E-state index contributed by atoms with van der Waals surface area (Å²) in [6.07, 6.45) is 0. The van der Waals surface area contributed by atoms with Crippen LogP contribution in [0.3, 0.4) is 0 Å². The van der Waals surface area contributed by atoms with Crippen molar-refractivity contribution in [2.75, 3.05) is 32.1 Å². The predicted molar refractivity (Wildman–Crippen MR) is 77.0 cm³/mol. The van der Waals surface area contributed by atoms with Gasteiger partial charge in [-0.3, -0.25) is 0 Å². The zero-order valence-electron chi connectivity index (χ0n) is 11.6. The Bertz CT molecular complexity index is 382. The fourth-order valence-corrected chi connectivity index (χ4v) is 2.41. The number of alkyl halides is 1. The maximum atomic E-state index is 13.5. The Hall–Kier alpha value is -0.800. The molecule has 1 unspecified atom stereocenters. The predicted octanol–water partition coefficient (Wildman–Crippen LogP) is 3.34. The van der Waals surface area contributed by atoms with Crippen LogP contribution in [0.1, 0.15) is 19.4 Å². The first-order chi connectivity index (χ1) is 8.47. The van der Waals surface area contributed by atoms with E-state index >= 15 is 0 Å². The summed E-state index contributed by atoms with van der Waals surface area (Å²) >= 11 is 5.79. The highest BCUT2D eigenvalue weighted by Gasteiger charge is 2.15. The van der Waals surface area contributed by atoms with Gasteiger partial charge in [0.15, 0.2) is 0 Å². The number of hydrogen-bond acceptors (Lipinski definition) is 2. The Morgan fingerprint density at radius 3 is 2.44 bits per heavy atom. The molecule has 0 aliphatic heterocycles. The molecular weight excluding hydrogens is 251 g/mol. The third-order valence-electron chi connectivity index (χ3n) is 2.93. The third kappa shape index (κ3) is 4.14. The number of hydrogen-bond donors (Lipinski definition) is 0. The molecule has 1 aromatic rings. The van der Waals surface area contributed by atoms with Gasteiger partial charge < -0.3 is 9.80 Å². The zero-order valence-corrected chi connectivity index (χ0v) is 12.3. The van der Waals surface area contributed by atoms with Crippen LogP contribution in [0.25, 0.3) is 0 Å². The summed E-state index contributed by atoms with van der Waals surface area (Å²) in [6, 6.07) is 5.35. The summed E-state index contributed by atoms with van der Waals surface area (Å²) in [5, 5.41) is 0. The van der Waals surface area contributed by atoms with Gasteiger partial charge in [-0.25, -0.2) is 4.39 Å². The summed E-state index contributed by atoms with van der Waals surface area (Å²) in [7, 11) is 4.08. The molecule has 0 aliphatic rings. The van der Waals surface area contributed by atoms with Crippen LogP contribution in [0, 0.1) is 5.82 Å². The highest BCUT2D eigenvalue weighted by atomic mass is 35.5. The lowest BCUT2D eigenvalue weighted by atomic mass is 10.1. The SMILES string of the molecule is CCN(c1cc(F)cc(CCl)c1)C(C)CN(C)C. The number of nitrogens with zero attached hydrogens (tertiary/aromatic N) is 2. The van der Waals surface area contributed by atoms with Gasteiger partial charge in [0.05, 0.1) is 0 Å². The van der Waals surface area contributed by atoms with Crippen molar-refractivity contribution in [2.45, 2.75) is 25.8 Å². The Labute approximate surface area is 114 Å². The first-order valence-electron chi connectivity index (χ1n) is 6.24. The van der Waals surface area contributed by atoms with E-state index in [2.05, 4.69) is 23.6 Å². The second-order valence-corrected chi connectivity index (χ2v) is 5.12. The van der Waals surface area contributed by atoms with Gasteiger partial charge in [-0.2, -0.15) is 0 Å². The Balaban J connectivity index is 2.97. The van der Waals surface area contributed by atoms with Gasteiger partial charge in [0, 0.05) is 30.7 Å². The summed E-state index contributed by atoms with van der Waals surface area (Å²) in [5.74, 6) is 0.114. The van der Waals surface area contributed by atoms with Crippen LogP contribution < -0.4 is 4.90 Å². The van der Waals surface area contributed by atoms with Crippen molar-refractivity contribution in [1.29, 1.82) is 0 Å². The van der Waals surface area contributed by atoms with Gasteiger partial charge in [0.2, 0.25) is 0 Å². The van der Waals surface area contributed by atoms with Crippen LogP contribution in [-0.4, -0.2) is 38.1 Å². The van der Waals surface area contributed by atoms with Crippen molar-refractivity contribution in [3.05, 3.63) is 29.6 Å². The van der Waals surface area contributed by atoms with E-state index in [4.69, 9.17) is 11.6 Å². The molecule has 2 nitrogen and oxygen atoms in total. The van der Waals surface area contributed by atoms with Crippen LogP contribution >= 0.6 is 11.6 Å². The molecule has 0 saturated heterocycles. The van der Waals surface area contributed by atoms with Crippen molar-refractivity contribution < 1.29 is 4.39 Å². The van der Waals surface area contributed by atoms with Crippen LogP contribution in [0.15, 0.2) is 18.2 Å². The molecule has 0 bridgehead atoms. The fraction of sp³-hybridized carbons (Fsp3) is 0.571. The highest BCUT2D eigenvalue weighted by molar-refractivity contribution is 6.17. The monoisotopic (exact) mass is 272 g/mol. The highest BCUT2D eigenvalue weighted by Crippen LogP contribution is 2.22. The number of halogens is 2. The van der Waals surface area contributed by atoms with Crippen LogP contribution in [0.2, 0.25) is 0 Å². The molecule has 18 heavy (non-hydrogen) atoms. The smallest absolute Gasteiger partial charge is 0.125 e. The van der Waals surface area contributed by atoms with Crippen molar-refractivity contribution in [3.8, 4) is 0 Å². The molecule has 0 amide bonds. The van der Waals surface area contributed by atoms with Gasteiger partial charge in [-0.05, 0) is 51.7 Å². The van der Waals surface area contributed by atoms with E-state index in [1.165, 1.54) is 6.07 Å². The van der Waals surface area contributed by atoms with E-state index < -0.39 is 0 Å². The molecule has 0 heterocycles. The molecule has 0 N–H and O–H groups in total. The molecule has 0 aromatic heterocycles. The molecule has 4 heteroatoms. The minimum atomic E-state index is -0.223. The second kappa shape index (κ2) is 6.95. The van der Waals surface area contributed by atoms with E-state index in [1.807, 2.05) is 20.2 Å². The van der Waals surface area contributed by atoms with Crippen LogP contribution in [0.4, 0.5) is 10.1 Å². The van der Waals surface area contributed by atoms with Crippen LogP contribution in [-0.2, 0) is 5.88 Å². The molecule has 0 aliphatic carbocycles. The zero-order chi connectivity index (χ0) is 13.7. The molecule has 0 saturated carbocycles. The third-order valence-corrected chi connectivity index (χ3v) is 3.24. The standard InChI is InChI=1S/C14H22ClFN2/c1-5-18(11(2)10-17(3)4)14-7-12(9-15)6-13(16)8-14/h6-8,11H,5,9-10H2,1-4H3. The quantitative estimate of drug-likeness (QED) is 0.733. The average Bonchev–Trinajstić information content (AvgIpc) is 2.28. The van der Waals surface area contributed by atoms with E-state index in [-0.39, 0.29) is 5.82 Å². The summed E-state index contributed by atoms with van der Waals surface area (Å²) in [5.41, 5.74) is 1.73. The lowest BCUT2D eigenvalue weighted by Crippen LogP contribution is -2.40. The molecule has 1 rings (SSSR count). The number of rotatable bonds is 6. The van der Waals surface area contributed by atoms with Crippen molar-refractivity contribution in [2.24, 2.45) is 0 Å². The largest absolute Gasteiger partial charge is 0.368 e. The normalized spacial score (nSPS) is 12.8. The first kappa shape index (κ1) is 15.3. The Morgan fingerprint density at radius 2 is 1.94 bits per heavy atom. The lowest BCUT2D eigenvalue weighted by molar-refractivity contribution is 0.373. The lowest BCUT2D eigenvalue weighted by Gasteiger charge is -2.32. The number of likely N-dealkylation sites (N-methyl/N-ethyl adjacent to an activating group) is 2. The van der Waals surface area contributed by atoms with E-state index in [9.17, 15) is 4.39 Å². The summed E-state index contributed by atoms with van der Waals surface area (Å²) in [6.45, 7) is 6.01. The van der Waals surface area contributed by atoms with Crippen molar-refractivity contribution in [3.63, 3.8) is 0 Å². The fourth-order valence-electron chi connectivity index (χ4n) is 2.25. The van der Waals surface area contributed by atoms with E-state index in [0.717, 1.165) is 24.3 Å². The van der Waals surface area contributed by atoms with Gasteiger partial charge in [0.25, 0.3) is 0 Å². The van der Waals surface area contributed by atoms with Crippen molar-refractivity contribution in [1.82, 2.24) is 4.90 Å². The van der Waals surface area contributed by atoms with Gasteiger partial charge in [0.1, 0.15) is 5.82 Å². The number of anilines is 1. The Kier molecular flexibility index (Phi) is 5.89. The molecule has 0 fully saturated rings. The second-order valence-electron chi connectivity index (χ2n) is 4.85. The van der Waals surface area contributed by atoms with E-state index in [1.54, 1.807) is 6.07 Å². The van der Waals surface area contributed by atoms with Gasteiger partial charge in [-0.1, -0.05) is 0 Å². The molecule has 1 atom stereocenters. The van der Waals surface area contributed by atoms with Gasteiger partial charge >= 0.3 is 0 Å². The molecular formula is C14H22ClFN2. The first-order valence-corrected chi connectivity index (χ1v) is 6.78. The molecule has 0 radical (unpaired) electrons. The van der Waals surface area contributed by atoms with Crippen molar-refractivity contribution >= 4 is 17.3 Å². The maximum Gasteiger partial charge on any atom is 0.125 e.